The first-order chi connectivity index (χ1) is 38.7. The number of thiazole rings is 1. The number of benzene rings is 3. The number of piperazine rings is 1. The summed E-state index contributed by atoms with van der Waals surface area (Å²) in [6.07, 6.45) is 7.03. The number of phenolic OH excluding ortho intramolecular Hbond substituents is 1. The highest BCUT2D eigenvalue weighted by Crippen LogP contribution is 2.49. The van der Waals surface area contributed by atoms with E-state index in [1.807, 2.05) is 81.9 Å². The number of β-amino-alcohol motifs (C(OH)–C–C–N with tert-alkyl or cyclic N) is 1. The molecule has 3 unspecified atom stereocenters. The van der Waals surface area contributed by atoms with Gasteiger partial charge in [-0.3, -0.25) is 19.5 Å². The topological polar surface area (TPSA) is 198 Å². The first kappa shape index (κ1) is 52.6. The summed E-state index contributed by atoms with van der Waals surface area (Å²) in [5, 5.41) is 36.1. The third kappa shape index (κ3) is 9.82. The highest BCUT2D eigenvalue weighted by molar-refractivity contribution is 7.13. The van der Waals surface area contributed by atoms with Crippen molar-refractivity contribution in [3.05, 3.63) is 101 Å². The van der Waals surface area contributed by atoms with E-state index in [-0.39, 0.29) is 54.4 Å². The van der Waals surface area contributed by atoms with Gasteiger partial charge in [0.1, 0.15) is 30.1 Å². The van der Waals surface area contributed by atoms with Crippen LogP contribution in [0.1, 0.15) is 119 Å². The van der Waals surface area contributed by atoms with Gasteiger partial charge in [-0.2, -0.15) is 9.97 Å². The summed E-state index contributed by atoms with van der Waals surface area (Å²) in [6, 6.07) is 20.3. The van der Waals surface area contributed by atoms with Crippen molar-refractivity contribution in [2.24, 2.45) is 17.8 Å². The zero-order valence-electron chi connectivity index (χ0n) is 46.6. The number of rotatable bonds is 15. The zero-order chi connectivity index (χ0) is 55.1. The molecule has 18 heteroatoms. The predicted octanol–water partition coefficient (Wildman–Crippen LogP) is 8.96. The average Bonchev–Trinajstić information content (AvgIpc) is 4.06. The maximum absolute atomic E-state index is 14.4. The van der Waals surface area contributed by atoms with Crippen molar-refractivity contribution in [3.8, 4) is 33.5 Å². The van der Waals surface area contributed by atoms with Gasteiger partial charge in [0.25, 0.3) is 0 Å². The van der Waals surface area contributed by atoms with Crippen molar-refractivity contribution in [3.63, 3.8) is 0 Å². The van der Waals surface area contributed by atoms with Gasteiger partial charge in [-0.25, -0.2) is 4.98 Å². The van der Waals surface area contributed by atoms with Gasteiger partial charge < -0.3 is 44.8 Å². The van der Waals surface area contributed by atoms with E-state index >= 15 is 0 Å². The van der Waals surface area contributed by atoms with E-state index in [2.05, 4.69) is 67.5 Å². The Labute approximate surface area is 471 Å². The van der Waals surface area contributed by atoms with Gasteiger partial charge >= 0.3 is 6.01 Å². The molecule has 13 rings (SSSR count). The summed E-state index contributed by atoms with van der Waals surface area (Å²) < 4.78 is 12.6. The molecule has 5 aliphatic heterocycles. The van der Waals surface area contributed by atoms with Crippen LogP contribution in [-0.4, -0.2) is 140 Å². The Morgan fingerprint density at radius 2 is 1.69 bits per heavy atom. The minimum atomic E-state index is -0.806. The molecule has 0 saturated carbocycles. The summed E-state index contributed by atoms with van der Waals surface area (Å²) in [4.78, 5) is 58.1. The number of nitrogens with one attached hydrogen (secondary N) is 2. The summed E-state index contributed by atoms with van der Waals surface area (Å²) in [6.45, 7) is 18.5. The first-order valence-corrected chi connectivity index (χ1v) is 29.9. The average molecular weight is 1100 g/mol. The lowest BCUT2D eigenvalue weighted by molar-refractivity contribution is -0.141. The van der Waals surface area contributed by atoms with Gasteiger partial charge in [-0.15, -0.1) is 11.3 Å². The lowest BCUT2D eigenvalue weighted by Gasteiger charge is -2.43. The molecule has 8 atom stereocenters. The number of aliphatic hydroxyl groups excluding tert-OH is 1. The first-order valence-electron chi connectivity index (χ1n) is 29.1. The molecule has 7 aromatic rings. The van der Waals surface area contributed by atoms with Gasteiger partial charge in [0.15, 0.2) is 11.6 Å². The molecule has 0 spiro atoms. The number of aryl methyl sites for hydroxylation is 1. The predicted molar refractivity (Wildman–Crippen MR) is 310 cm³/mol. The Morgan fingerprint density at radius 3 is 2.42 bits per heavy atom. The number of fused-ring (bicyclic) bond motifs is 6. The molecule has 3 aromatic carbocycles. The molecule has 2 bridgehead atoms. The SMILES string of the molecule is Cc1ncsc1-c1ccc([C@H](C)NC(=O)[C@@H]2C[C@@H](O)CN2C(=O)[C@@H](c2cc(N3CC(CC4CCN([C@H](C)COc5nc(N6CC7CCC(C6)N7)c6cnc7c(c6n5)C(C)c5cccc6cc(O)cc-7c56)CC4)C3)no2)C(C)C)cc1. The van der Waals surface area contributed by atoms with Gasteiger partial charge in [0.2, 0.25) is 11.8 Å². The molecule has 2 amide bonds. The molecule has 6 aliphatic rings. The zero-order valence-corrected chi connectivity index (χ0v) is 47.5. The van der Waals surface area contributed by atoms with E-state index < -0.39 is 18.1 Å². The summed E-state index contributed by atoms with van der Waals surface area (Å²) >= 11 is 1.60. The number of carbonyl (C=O) groups excluding carboxylic acids is 2. The number of piperidine rings is 1. The van der Waals surface area contributed by atoms with Crippen molar-refractivity contribution >= 4 is 56.5 Å². The number of carbonyl (C=O) groups is 2. The number of amides is 2. The number of phenols is 1. The Kier molecular flexibility index (Phi) is 14.0. The fraction of sp³-hybridized carbons (Fsp3) is 0.500. The summed E-state index contributed by atoms with van der Waals surface area (Å²) in [5.74, 6) is 2.21. The standard InChI is InChI=1S/C62H73N11O6S/c1-33(2)53(61(77)73-30-46(75)23-50(73)60(76)65-36(5)40-10-12-41(13-11-40)58-37(6)64-32-80-58)51-24-52(69-79-51)71-26-39(27-71)20-38-16-18-70(19-17-38)34(3)31-78-62-67-57-49(59(68-62)72-28-43-14-15-44(29-72)66-43)25-63-56-48-22-45(74)21-42-8-7-9-47(55(42)48)35(4)54(56)57/h7-13,21-22,24-25,32-36,38-39,43-44,46,50,53,66,74-75H,14-20,23,26-31H2,1-6H3,(H,65,76)/t34-,35?,36+,43?,44?,46-,50+,53-/m1/s1. The molecule has 4 N–H and O–H groups in total. The molecular weight excluding hydrogens is 1030 g/mol. The van der Waals surface area contributed by atoms with Crippen molar-refractivity contribution < 1.29 is 29.1 Å². The molecule has 17 nitrogen and oxygen atoms in total. The Morgan fingerprint density at radius 1 is 0.912 bits per heavy atom. The number of hydrogen-bond donors (Lipinski definition) is 4. The van der Waals surface area contributed by atoms with E-state index in [1.165, 1.54) is 10.5 Å². The molecule has 9 heterocycles. The second-order valence-electron chi connectivity index (χ2n) is 24.3. The fourth-order valence-corrected chi connectivity index (χ4v) is 14.9. The fourth-order valence-electron chi connectivity index (χ4n) is 14.1. The number of aliphatic hydroxyl groups is 1. The van der Waals surface area contributed by atoms with Crippen molar-refractivity contribution in [2.45, 2.75) is 128 Å². The number of ether oxygens (including phenoxy) is 1. The van der Waals surface area contributed by atoms with Gasteiger partial charge in [0.05, 0.1) is 44.8 Å². The largest absolute Gasteiger partial charge is 0.508 e. The lowest BCUT2D eigenvalue weighted by Crippen LogP contribution is -2.51. The van der Waals surface area contributed by atoms with Crippen LogP contribution in [0.5, 0.6) is 11.8 Å². The van der Waals surface area contributed by atoms with Crippen LogP contribution in [0.15, 0.2) is 76.9 Å². The van der Waals surface area contributed by atoms with Crippen LogP contribution in [0.3, 0.4) is 0 Å². The van der Waals surface area contributed by atoms with Crippen LogP contribution >= 0.6 is 11.3 Å². The third-order valence-electron chi connectivity index (χ3n) is 18.5. The molecule has 5 fully saturated rings. The number of pyridine rings is 1. The van der Waals surface area contributed by atoms with Crippen molar-refractivity contribution in [1.82, 2.24) is 45.5 Å². The number of anilines is 2. The second kappa shape index (κ2) is 21.3. The van der Waals surface area contributed by atoms with Crippen LogP contribution < -0.4 is 25.2 Å². The maximum atomic E-state index is 14.4. The van der Waals surface area contributed by atoms with E-state index in [9.17, 15) is 19.8 Å². The third-order valence-corrected chi connectivity index (χ3v) is 19.5. The Bertz CT molecular complexity index is 3450. The highest BCUT2D eigenvalue weighted by atomic mass is 32.1. The Hall–Kier alpha value is -6.73. The molecule has 80 heavy (non-hydrogen) atoms. The second-order valence-corrected chi connectivity index (χ2v) is 25.1. The van der Waals surface area contributed by atoms with E-state index in [4.69, 9.17) is 24.2 Å². The number of likely N-dealkylation sites (tertiary alicyclic amines) is 2. The van der Waals surface area contributed by atoms with Crippen LogP contribution in [0.2, 0.25) is 0 Å². The van der Waals surface area contributed by atoms with Gasteiger partial charge in [0, 0.05) is 86.6 Å². The van der Waals surface area contributed by atoms with E-state index in [0.29, 0.717) is 42.3 Å². The molecule has 1 aliphatic carbocycles. The number of aromatic nitrogens is 5. The van der Waals surface area contributed by atoms with Crippen LogP contribution in [0.25, 0.3) is 43.4 Å². The Balaban J connectivity index is 0.617. The molecule has 0 radical (unpaired) electrons. The minimum absolute atomic E-state index is 0.0227. The minimum Gasteiger partial charge on any atom is -0.508 e. The van der Waals surface area contributed by atoms with Crippen LogP contribution in [0.4, 0.5) is 11.6 Å². The number of aromatic hydroxyl groups is 1. The van der Waals surface area contributed by atoms with Crippen molar-refractivity contribution in [2.75, 3.05) is 62.2 Å². The van der Waals surface area contributed by atoms with Gasteiger partial charge in [-0.05, 0) is 123 Å². The quantitative estimate of drug-likeness (QED) is 0.0758. The van der Waals surface area contributed by atoms with Gasteiger partial charge in [-0.1, -0.05) is 68.4 Å². The molecule has 4 aromatic heterocycles. The van der Waals surface area contributed by atoms with Crippen LogP contribution in [-0.2, 0) is 9.59 Å². The maximum Gasteiger partial charge on any atom is 0.319 e. The smallest absolute Gasteiger partial charge is 0.319 e. The summed E-state index contributed by atoms with van der Waals surface area (Å²) in [7, 11) is 0. The number of nitrogens with zero attached hydrogens (tertiary/aromatic N) is 9. The summed E-state index contributed by atoms with van der Waals surface area (Å²) in [5.41, 5.74) is 9.76. The van der Waals surface area contributed by atoms with E-state index in [1.54, 1.807) is 11.3 Å². The molecule has 5 saturated heterocycles. The van der Waals surface area contributed by atoms with E-state index in [0.717, 1.165) is 143 Å². The van der Waals surface area contributed by atoms with Crippen LogP contribution in [0, 0.1) is 24.7 Å². The molecular formula is C62H73N11O6S. The normalized spacial score (nSPS) is 23.4. The number of hydrogen-bond acceptors (Lipinski definition) is 16. The molecule has 418 valence electrons. The monoisotopic (exact) mass is 1100 g/mol. The van der Waals surface area contributed by atoms with Crippen molar-refractivity contribution in [1.29, 1.82) is 0 Å². The highest BCUT2D eigenvalue weighted by Gasteiger charge is 2.44. The lowest BCUT2D eigenvalue weighted by atomic mass is 9.79.